The lowest BCUT2D eigenvalue weighted by Gasteiger charge is -2.22. The summed E-state index contributed by atoms with van der Waals surface area (Å²) in [7, 11) is 0. The Bertz CT molecular complexity index is 726. The van der Waals surface area contributed by atoms with E-state index in [-0.39, 0.29) is 30.4 Å². The number of esters is 1. The fraction of sp³-hybridized carbons (Fsp3) is 0.914. The third kappa shape index (κ3) is 16.2. The lowest BCUT2D eigenvalue weighted by Crippen LogP contribution is -2.31. The van der Waals surface area contributed by atoms with Crippen LogP contribution in [-0.4, -0.2) is 69.1 Å². The average Bonchev–Trinajstić information content (AvgIpc) is 3.58. The van der Waals surface area contributed by atoms with E-state index < -0.39 is 18.3 Å². The fourth-order valence-electron chi connectivity index (χ4n) is 6.42. The molecule has 7 atom stereocenters. The molecule has 2 aliphatic heterocycles. The molecule has 0 saturated carbocycles. The molecule has 42 heavy (non-hydrogen) atoms. The molecule has 2 rings (SSSR count). The van der Waals surface area contributed by atoms with Gasteiger partial charge in [-0.05, 0) is 57.9 Å². The largest absolute Gasteiger partial charge is 0.455 e. The maximum absolute atomic E-state index is 11.6. The van der Waals surface area contributed by atoms with Crippen LogP contribution in [0.1, 0.15) is 162 Å². The zero-order valence-electron chi connectivity index (χ0n) is 26.9. The van der Waals surface area contributed by atoms with E-state index in [9.17, 15) is 25.2 Å². The highest BCUT2D eigenvalue weighted by Gasteiger charge is 2.34. The molecule has 0 aromatic carbocycles. The number of rotatable bonds is 26. The van der Waals surface area contributed by atoms with Crippen molar-refractivity contribution in [2.45, 2.75) is 204 Å². The first-order valence-corrected chi connectivity index (χ1v) is 17.6. The number of aliphatic hydroxyl groups excluding tert-OH is 4. The summed E-state index contributed by atoms with van der Waals surface area (Å²) in [4.78, 5) is 11.6. The second-order valence-corrected chi connectivity index (χ2v) is 13.1. The quantitative estimate of drug-likeness (QED) is 0.0624. The third-order valence-corrected chi connectivity index (χ3v) is 9.11. The van der Waals surface area contributed by atoms with Crippen molar-refractivity contribution in [1.29, 1.82) is 0 Å². The van der Waals surface area contributed by atoms with Crippen molar-refractivity contribution in [1.82, 2.24) is 0 Å². The number of hydrogen-bond acceptors (Lipinski definition) is 7. The second-order valence-electron chi connectivity index (χ2n) is 13.1. The van der Waals surface area contributed by atoms with Crippen LogP contribution in [0, 0.1) is 0 Å². The Hall–Kier alpha value is -0.990. The normalized spacial score (nSPS) is 23.5. The highest BCUT2D eigenvalue weighted by atomic mass is 16.5. The van der Waals surface area contributed by atoms with Crippen LogP contribution in [0.25, 0.3) is 0 Å². The predicted octanol–water partition coefficient (Wildman–Crippen LogP) is 7.06. The molecule has 0 aromatic heterocycles. The van der Waals surface area contributed by atoms with E-state index >= 15 is 0 Å². The Morgan fingerprint density at radius 2 is 1.10 bits per heavy atom. The predicted molar refractivity (Wildman–Crippen MR) is 168 cm³/mol. The maximum atomic E-state index is 11.6. The van der Waals surface area contributed by atoms with Crippen LogP contribution in [0.15, 0.2) is 11.6 Å². The van der Waals surface area contributed by atoms with Crippen LogP contribution < -0.4 is 0 Å². The zero-order valence-corrected chi connectivity index (χ0v) is 26.9. The van der Waals surface area contributed by atoms with Crippen molar-refractivity contribution in [3.05, 3.63) is 11.6 Å². The lowest BCUT2D eigenvalue weighted by atomic mass is 9.99. The molecule has 0 aromatic rings. The second kappa shape index (κ2) is 22.5. The monoisotopic (exact) mass is 596 g/mol. The molecule has 0 amide bonds. The summed E-state index contributed by atoms with van der Waals surface area (Å²) in [5.74, 6) is -0.314. The molecular formula is C35H64O7. The van der Waals surface area contributed by atoms with Crippen LogP contribution in [0.5, 0.6) is 0 Å². The molecule has 7 nitrogen and oxygen atoms in total. The Balaban J connectivity index is 1.41. The van der Waals surface area contributed by atoms with Crippen molar-refractivity contribution >= 4 is 5.97 Å². The summed E-state index contributed by atoms with van der Waals surface area (Å²) in [5.41, 5.74) is 0.576. The van der Waals surface area contributed by atoms with Crippen molar-refractivity contribution in [3.8, 4) is 0 Å². The molecule has 0 spiro atoms. The number of aliphatic hydroxyl groups is 4. The molecule has 1 fully saturated rings. The first-order valence-electron chi connectivity index (χ1n) is 17.6. The van der Waals surface area contributed by atoms with Gasteiger partial charge in [-0.25, -0.2) is 4.79 Å². The van der Waals surface area contributed by atoms with Gasteiger partial charge in [0.15, 0.2) is 0 Å². The summed E-state index contributed by atoms with van der Waals surface area (Å²) in [6, 6.07) is 0. The summed E-state index contributed by atoms with van der Waals surface area (Å²) < 4.78 is 11.1. The topological polar surface area (TPSA) is 116 Å². The maximum Gasteiger partial charge on any atom is 0.334 e. The minimum atomic E-state index is -0.530. The number of carbonyl (C=O) groups excluding carboxylic acids is 1. The molecule has 4 N–H and O–H groups in total. The van der Waals surface area contributed by atoms with E-state index in [1.54, 1.807) is 6.08 Å². The van der Waals surface area contributed by atoms with Crippen LogP contribution in [0.4, 0.5) is 0 Å². The number of unbranched alkanes of at least 4 members (excludes halogenated alkanes) is 12. The van der Waals surface area contributed by atoms with E-state index in [2.05, 4.69) is 6.92 Å². The smallest absolute Gasteiger partial charge is 0.334 e. The Morgan fingerprint density at radius 1 is 0.667 bits per heavy atom. The van der Waals surface area contributed by atoms with Crippen LogP contribution in [0.3, 0.4) is 0 Å². The molecule has 2 aliphatic rings. The van der Waals surface area contributed by atoms with Crippen molar-refractivity contribution in [3.63, 3.8) is 0 Å². The number of hydrogen-bond donors (Lipinski definition) is 4. The zero-order chi connectivity index (χ0) is 30.6. The van der Waals surface area contributed by atoms with E-state index in [1.807, 2.05) is 6.92 Å². The SMILES string of the molecule is CCCCCCCCCCCCC(O)[C@@H]1CC[C@H](C(O)CCCCC(O)CCCCC[C@@H](O)CC2=C[C@H](C)OC2=O)O1. The van der Waals surface area contributed by atoms with Gasteiger partial charge in [-0.3, -0.25) is 0 Å². The Kier molecular flexibility index (Phi) is 19.9. The minimum Gasteiger partial charge on any atom is -0.455 e. The fourth-order valence-corrected chi connectivity index (χ4v) is 6.42. The third-order valence-electron chi connectivity index (χ3n) is 9.11. The number of carbonyl (C=O) groups is 1. The van der Waals surface area contributed by atoms with Gasteiger partial charge in [0, 0.05) is 12.0 Å². The van der Waals surface area contributed by atoms with Crippen molar-refractivity contribution in [2.24, 2.45) is 0 Å². The molecule has 246 valence electrons. The lowest BCUT2D eigenvalue weighted by molar-refractivity contribution is -0.139. The first kappa shape index (κ1) is 37.2. The summed E-state index contributed by atoms with van der Waals surface area (Å²) in [6.07, 6.45) is 22.4. The van der Waals surface area contributed by atoms with Crippen LogP contribution >= 0.6 is 0 Å². The minimum absolute atomic E-state index is 0.147. The highest BCUT2D eigenvalue weighted by molar-refractivity contribution is 5.90. The van der Waals surface area contributed by atoms with E-state index in [0.29, 0.717) is 24.8 Å². The van der Waals surface area contributed by atoms with Gasteiger partial charge in [-0.15, -0.1) is 0 Å². The van der Waals surface area contributed by atoms with Gasteiger partial charge in [0.25, 0.3) is 0 Å². The number of cyclic esters (lactones) is 1. The average molecular weight is 597 g/mol. The van der Waals surface area contributed by atoms with Crippen molar-refractivity contribution in [2.75, 3.05) is 0 Å². The van der Waals surface area contributed by atoms with Gasteiger partial charge in [0.2, 0.25) is 0 Å². The molecule has 0 aliphatic carbocycles. The molecule has 0 radical (unpaired) electrons. The summed E-state index contributed by atoms with van der Waals surface area (Å²) >= 11 is 0. The Morgan fingerprint density at radius 3 is 1.62 bits per heavy atom. The van der Waals surface area contributed by atoms with Gasteiger partial charge < -0.3 is 29.9 Å². The standard InChI is InChI=1S/C35H64O7/c1-3-4-5-6-7-8-9-10-11-15-21-31(38)33-23-24-34(42-33)32(39)22-17-16-19-29(36)18-13-12-14-20-30(37)26-28-25-27(2)41-35(28)40/h25,27,29-34,36-39H,3-24,26H2,1-2H3/t27-,29?,30+,31?,32?,33-,34+/m0/s1. The van der Waals surface area contributed by atoms with Crippen molar-refractivity contribution < 1.29 is 34.7 Å². The Labute approximate surface area is 256 Å². The first-order chi connectivity index (χ1) is 20.3. The molecule has 7 heteroatoms. The summed E-state index contributed by atoms with van der Waals surface area (Å²) in [6.45, 7) is 4.07. The van der Waals surface area contributed by atoms with Gasteiger partial charge in [0.05, 0.1) is 36.6 Å². The van der Waals surface area contributed by atoms with Gasteiger partial charge in [-0.2, -0.15) is 0 Å². The molecule has 1 saturated heterocycles. The molecular weight excluding hydrogens is 532 g/mol. The summed E-state index contributed by atoms with van der Waals surface area (Å²) in [5, 5.41) is 41.7. The molecule has 0 bridgehead atoms. The van der Waals surface area contributed by atoms with Gasteiger partial charge >= 0.3 is 5.97 Å². The van der Waals surface area contributed by atoms with E-state index in [1.165, 1.54) is 57.8 Å². The van der Waals surface area contributed by atoms with E-state index in [4.69, 9.17) is 9.47 Å². The van der Waals surface area contributed by atoms with Crippen LogP contribution in [-0.2, 0) is 14.3 Å². The van der Waals surface area contributed by atoms with Gasteiger partial charge in [0.1, 0.15) is 6.10 Å². The molecule has 3 unspecified atom stereocenters. The van der Waals surface area contributed by atoms with E-state index in [0.717, 1.165) is 70.6 Å². The van der Waals surface area contributed by atoms with Gasteiger partial charge in [-0.1, -0.05) is 103 Å². The van der Waals surface area contributed by atoms with Crippen LogP contribution in [0.2, 0.25) is 0 Å². The number of ether oxygens (including phenoxy) is 2. The highest BCUT2D eigenvalue weighted by Crippen LogP contribution is 2.28. The molecule has 2 heterocycles.